The Morgan fingerprint density at radius 2 is 1.93 bits per heavy atom. The fourth-order valence-corrected chi connectivity index (χ4v) is 3.31. The first-order valence-electron chi connectivity index (χ1n) is 9.15. The Labute approximate surface area is 158 Å². The van der Waals surface area contributed by atoms with Gasteiger partial charge in [-0.15, -0.1) is 0 Å². The monoisotopic (exact) mass is 359 g/mol. The van der Waals surface area contributed by atoms with Gasteiger partial charge in [-0.25, -0.2) is 0 Å². The van der Waals surface area contributed by atoms with Crippen molar-refractivity contribution in [3.63, 3.8) is 0 Å². The summed E-state index contributed by atoms with van der Waals surface area (Å²) in [6, 6.07) is 17.6. The van der Waals surface area contributed by atoms with E-state index in [1.807, 2.05) is 72.5 Å². The first-order chi connectivity index (χ1) is 13.2. The Kier molecular flexibility index (Phi) is 4.83. The number of hydrogen-bond acceptors (Lipinski definition) is 4. The zero-order valence-electron chi connectivity index (χ0n) is 15.2. The van der Waals surface area contributed by atoms with Gasteiger partial charge in [-0.2, -0.15) is 4.98 Å². The molecule has 0 N–H and O–H groups in total. The number of aromatic nitrogens is 2. The zero-order chi connectivity index (χ0) is 18.6. The normalized spacial score (nSPS) is 16.9. The molecule has 1 aliphatic rings. The average molecular weight is 359 g/mol. The Hall–Kier alpha value is -3.21. The Morgan fingerprint density at radius 1 is 1.15 bits per heavy atom. The minimum absolute atomic E-state index is 0.0311. The van der Waals surface area contributed by atoms with Crippen LogP contribution in [0.4, 0.5) is 0 Å². The first-order valence-corrected chi connectivity index (χ1v) is 9.15. The molecule has 1 atom stereocenters. The van der Waals surface area contributed by atoms with Crippen LogP contribution in [-0.2, 0) is 4.79 Å². The van der Waals surface area contributed by atoms with Gasteiger partial charge in [0.05, 0.1) is 0 Å². The van der Waals surface area contributed by atoms with Crippen molar-refractivity contribution in [1.29, 1.82) is 0 Å². The Bertz CT molecular complexity index is 945. The predicted octanol–water partition coefficient (Wildman–Crippen LogP) is 4.42. The van der Waals surface area contributed by atoms with Crippen LogP contribution in [0.2, 0.25) is 0 Å². The zero-order valence-corrected chi connectivity index (χ0v) is 15.2. The summed E-state index contributed by atoms with van der Waals surface area (Å²) in [4.78, 5) is 19.0. The second kappa shape index (κ2) is 7.58. The van der Waals surface area contributed by atoms with E-state index in [0.29, 0.717) is 18.3 Å². The van der Waals surface area contributed by atoms with Crippen molar-refractivity contribution in [2.45, 2.75) is 25.8 Å². The van der Waals surface area contributed by atoms with Crippen LogP contribution in [-0.4, -0.2) is 27.5 Å². The molecule has 1 amide bonds. The largest absolute Gasteiger partial charge is 0.337 e. The van der Waals surface area contributed by atoms with E-state index in [-0.39, 0.29) is 11.9 Å². The molecule has 5 nitrogen and oxygen atoms in total. The fraction of sp³-hybridized carbons (Fsp3) is 0.227. The number of carbonyl (C=O) groups excluding carboxylic acids is 1. The molecule has 0 saturated carbocycles. The van der Waals surface area contributed by atoms with Crippen LogP contribution < -0.4 is 0 Å². The summed E-state index contributed by atoms with van der Waals surface area (Å²) in [5.41, 5.74) is 3.09. The van der Waals surface area contributed by atoms with Crippen LogP contribution in [0.3, 0.4) is 0 Å². The maximum Gasteiger partial charge on any atom is 0.249 e. The van der Waals surface area contributed by atoms with Gasteiger partial charge in [0.1, 0.15) is 6.04 Å². The number of rotatable bonds is 4. The molecule has 2 aromatic carbocycles. The number of hydrogen-bond donors (Lipinski definition) is 0. The van der Waals surface area contributed by atoms with Gasteiger partial charge in [-0.3, -0.25) is 4.79 Å². The highest BCUT2D eigenvalue weighted by molar-refractivity contribution is 5.92. The van der Waals surface area contributed by atoms with Gasteiger partial charge >= 0.3 is 0 Å². The van der Waals surface area contributed by atoms with Gasteiger partial charge in [0, 0.05) is 18.2 Å². The van der Waals surface area contributed by atoms with Crippen molar-refractivity contribution in [3.8, 4) is 11.4 Å². The molecule has 1 aromatic heterocycles. The molecule has 5 heteroatoms. The summed E-state index contributed by atoms with van der Waals surface area (Å²) >= 11 is 0. The van der Waals surface area contributed by atoms with E-state index in [1.165, 1.54) is 5.56 Å². The molecule has 0 radical (unpaired) electrons. The van der Waals surface area contributed by atoms with Crippen molar-refractivity contribution in [2.75, 3.05) is 6.54 Å². The lowest BCUT2D eigenvalue weighted by Crippen LogP contribution is -2.29. The van der Waals surface area contributed by atoms with Gasteiger partial charge in [-0.05, 0) is 31.4 Å². The highest BCUT2D eigenvalue weighted by Gasteiger charge is 2.33. The molecule has 4 rings (SSSR count). The summed E-state index contributed by atoms with van der Waals surface area (Å²) in [6.07, 6.45) is 5.21. The van der Waals surface area contributed by atoms with Crippen LogP contribution in [0, 0.1) is 6.92 Å². The lowest BCUT2D eigenvalue weighted by molar-refractivity contribution is -0.127. The van der Waals surface area contributed by atoms with Gasteiger partial charge < -0.3 is 9.42 Å². The van der Waals surface area contributed by atoms with Crippen molar-refractivity contribution in [2.24, 2.45) is 0 Å². The molecular formula is C22H21N3O2. The van der Waals surface area contributed by atoms with E-state index < -0.39 is 0 Å². The number of aryl methyl sites for hydroxylation is 1. The van der Waals surface area contributed by atoms with Gasteiger partial charge in [0.25, 0.3) is 0 Å². The molecular weight excluding hydrogens is 338 g/mol. The maximum absolute atomic E-state index is 12.7. The molecule has 3 aromatic rings. The second-order valence-corrected chi connectivity index (χ2v) is 6.76. The van der Waals surface area contributed by atoms with Gasteiger partial charge in [-0.1, -0.05) is 65.3 Å². The number of nitrogens with zero attached hydrogens (tertiary/aromatic N) is 3. The average Bonchev–Trinajstić information content (AvgIpc) is 3.37. The minimum Gasteiger partial charge on any atom is -0.337 e. The lowest BCUT2D eigenvalue weighted by Gasteiger charge is -2.20. The maximum atomic E-state index is 12.7. The quantitative estimate of drug-likeness (QED) is 0.647. The second-order valence-electron chi connectivity index (χ2n) is 6.76. The highest BCUT2D eigenvalue weighted by atomic mass is 16.5. The summed E-state index contributed by atoms with van der Waals surface area (Å²) in [5.74, 6) is 1.03. The highest BCUT2D eigenvalue weighted by Crippen LogP contribution is 2.32. The third kappa shape index (κ3) is 3.82. The molecule has 1 aliphatic heterocycles. The number of carbonyl (C=O) groups is 1. The molecule has 27 heavy (non-hydrogen) atoms. The van der Waals surface area contributed by atoms with Gasteiger partial charge in [0.15, 0.2) is 0 Å². The number of benzene rings is 2. The Morgan fingerprint density at radius 3 is 2.70 bits per heavy atom. The fourth-order valence-electron chi connectivity index (χ4n) is 3.31. The van der Waals surface area contributed by atoms with Crippen LogP contribution in [0.1, 0.15) is 35.9 Å². The molecule has 1 fully saturated rings. The van der Waals surface area contributed by atoms with E-state index in [4.69, 9.17) is 4.52 Å². The van der Waals surface area contributed by atoms with E-state index in [1.54, 1.807) is 6.08 Å². The van der Waals surface area contributed by atoms with Crippen LogP contribution in [0.25, 0.3) is 17.5 Å². The van der Waals surface area contributed by atoms with Crippen LogP contribution >= 0.6 is 0 Å². The number of amides is 1. The molecule has 0 bridgehead atoms. The van der Waals surface area contributed by atoms with E-state index >= 15 is 0 Å². The van der Waals surface area contributed by atoms with Crippen molar-refractivity contribution in [1.82, 2.24) is 15.0 Å². The Balaban J connectivity index is 1.50. The van der Waals surface area contributed by atoms with Gasteiger partial charge in [0.2, 0.25) is 17.6 Å². The molecule has 1 saturated heterocycles. The van der Waals surface area contributed by atoms with Crippen molar-refractivity contribution >= 4 is 12.0 Å². The van der Waals surface area contributed by atoms with E-state index in [0.717, 1.165) is 24.0 Å². The van der Waals surface area contributed by atoms with E-state index in [2.05, 4.69) is 10.1 Å². The first kappa shape index (κ1) is 17.2. The topological polar surface area (TPSA) is 59.2 Å². The molecule has 1 unspecified atom stereocenters. The smallest absolute Gasteiger partial charge is 0.249 e. The summed E-state index contributed by atoms with van der Waals surface area (Å²) in [6.45, 7) is 2.74. The standard InChI is InChI=1S/C22H21N3O2/c1-16-9-12-18(13-10-16)21-23-22(27-24-21)19-8-5-15-25(19)20(26)14-11-17-6-3-2-4-7-17/h2-4,6-7,9-14,19H,5,8,15H2,1H3/b14-11+. The lowest BCUT2D eigenvalue weighted by atomic mass is 10.1. The van der Waals surface area contributed by atoms with Crippen LogP contribution in [0.15, 0.2) is 65.2 Å². The molecule has 0 aliphatic carbocycles. The third-order valence-electron chi connectivity index (χ3n) is 4.79. The summed E-state index contributed by atoms with van der Waals surface area (Å²) < 4.78 is 5.50. The van der Waals surface area contributed by atoms with Crippen molar-refractivity contribution in [3.05, 3.63) is 77.7 Å². The molecule has 2 heterocycles. The van der Waals surface area contributed by atoms with Crippen molar-refractivity contribution < 1.29 is 9.32 Å². The third-order valence-corrected chi connectivity index (χ3v) is 4.79. The number of likely N-dealkylation sites (tertiary alicyclic amines) is 1. The summed E-state index contributed by atoms with van der Waals surface area (Å²) in [5, 5.41) is 4.11. The van der Waals surface area contributed by atoms with E-state index in [9.17, 15) is 4.79 Å². The summed E-state index contributed by atoms with van der Waals surface area (Å²) in [7, 11) is 0. The molecule has 0 spiro atoms. The molecule has 136 valence electrons. The predicted molar refractivity (Wildman–Crippen MR) is 104 cm³/mol. The minimum atomic E-state index is -0.162. The van der Waals surface area contributed by atoms with Crippen LogP contribution in [0.5, 0.6) is 0 Å². The SMILES string of the molecule is Cc1ccc(-c2noc(C3CCCN3C(=O)/C=C/c3ccccc3)n2)cc1.